The van der Waals surface area contributed by atoms with Crippen LogP contribution in [0.3, 0.4) is 0 Å². The molecule has 2 N–H and O–H groups in total. The molecule has 35 heavy (non-hydrogen) atoms. The number of benzene rings is 3. The second-order valence-electron chi connectivity index (χ2n) is 6.91. The molecule has 0 aromatic heterocycles. The number of nitro groups is 2. The monoisotopic (exact) mass is 497 g/mol. The number of hydrogen-bond acceptors (Lipinski definition) is 8. The first-order valence-electron chi connectivity index (χ1n) is 9.76. The zero-order chi connectivity index (χ0) is 25.5. The van der Waals surface area contributed by atoms with E-state index in [4.69, 9.17) is 16.3 Å². The quantitative estimate of drug-likeness (QED) is 0.212. The fraction of sp³-hybridized carbons (Fsp3) is 0.0455. The number of rotatable bonds is 7. The molecule has 0 fully saturated rings. The van der Waals surface area contributed by atoms with Crippen LogP contribution in [0.25, 0.3) is 0 Å². The molecule has 0 heterocycles. The maximum absolute atomic E-state index is 12.1. The van der Waals surface area contributed by atoms with Crippen LogP contribution >= 0.6 is 11.6 Å². The molecule has 0 bridgehead atoms. The van der Waals surface area contributed by atoms with E-state index in [-0.39, 0.29) is 11.5 Å². The summed E-state index contributed by atoms with van der Waals surface area (Å²) in [5.74, 6) is -1.99. The molecule has 13 heteroatoms. The van der Waals surface area contributed by atoms with Gasteiger partial charge in [-0.25, -0.2) is 5.43 Å². The molecule has 0 spiro atoms. The van der Waals surface area contributed by atoms with Crippen LogP contribution in [0.4, 0.5) is 17.1 Å². The molecule has 12 nitrogen and oxygen atoms in total. The molecule has 0 aliphatic heterocycles. The number of hydrazone groups is 1. The van der Waals surface area contributed by atoms with Crippen molar-refractivity contribution in [3.63, 3.8) is 0 Å². The first-order chi connectivity index (χ1) is 16.7. The smallest absolute Gasteiger partial charge is 0.329 e. The summed E-state index contributed by atoms with van der Waals surface area (Å²) in [6, 6.07) is 14.0. The standard InChI is InChI=1S/C22H16ClN5O7/c1-13-17(23)6-3-7-18(13)25-21(29)22(30)26-24-12-14-4-2-5-16(10-14)35-20-9-8-15(27(31)32)11-19(20)28(33)34/h2-12H,1H3,(H,25,29)(H,26,30)/b24-12+. The Morgan fingerprint density at radius 3 is 2.46 bits per heavy atom. The van der Waals surface area contributed by atoms with Gasteiger partial charge >= 0.3 is 17.5 Å². The van der Waals surface area contributed by atoms with Gasteiger partial charge in [0.15, 0.2) is 0 Å². The maximum Gasteiger partial charge on any atom is 0.329 e. The molecule has 3 rings (SSSR count). The number of amides is 2. The highest BCUT2D eigenvalue weighted by molar-refractivity contribution is 6.40. The number of carbonyl (C=O) groups excluding carboxylic acids is 2. The van der Waals surface area contributed by atoms with E-state index in [1.807, 2.05) is 0 Å². The first-order valence-corrected chi connectivity index (χ1v) is 10.1. The zero-order valence-corrected chi connectivity index (χ0v) is 18.7. The van der Waals surface area contributed by atoms with E-state index in [9.17, 15) is 29.8 Å². The van der Waals surface area contributed by atoms with Crippen LogP contribution < -0.4 is 15.5 Å². The van der Waals surface area contributed by atoms with E-state index in [2.05, 4.69) is 15.8 Å². The maximum atomic E-state index is 12.1. The molecule has 178 valence electrons. The van der Waals surface area contributed by atoms with Crippen LogP contribution in [0.15, 0.2) is 65.8 Å². The average molecular weight is 498 g/mol. The third kappa shape index (κ3) is 6.36. The van der Waals surface area contributed by atoms with Crippen molar-refractivity contribution in [2.24, 2.45) is 5.10 Å². The summed E-state index contributed by atoms with van der Waals surface area (Å²) in [6.07, 6.45) is 1.23. The van der Waals surface area contributed by atoms with Crippen LogP contribution in [-0.4, -0.2) is 27.9 Å². The van der Waals surface area contributed by atoms with Crippen molar-refractivity contribution >= 4 is 46.7 Å². The lowest BCUT2D eigenvalue weighted by Gasteiger charge is -2.08. The van der Waals surface area contributed by atoms with Crippen molar-refractivity contribution in [1.29, 1.82) is 0 Å². The fourth-order valence-corrected chi connectivity index (χ4v) is 2.95. The number of carbonyl (C=O) groups is 2. The molecule has 3 aromatic carbocycles. The summed E-state index contributed by atoms with van der Waals surface area (Å²) in [5.41, 5.74) is 2.47. The lowest BCUT2D eigenvalue weighted by molar-refractivity contribution is -0.394. The highest BCUT2D eigenvalue weighted by Gasteiger charge is 2.21. The van der Waals surface area contributed by atoms with E-state index in [0.29, 0.717) is 21.8 Å². The summed E-state index contributed by atoms with van der Waals surface area (Å²) in [6.45, 7) is 1.69. The van der Waals surface area contributed by atoms with Gasteiger partial charge in [-0.15, -0.1) is 0 Å². The second-order valence-corrected chi connectivity index (χ2v) is 7.31. The average Bonchev–Trinajstić information content (AvgIpc) is 2.82. The molecule has 0 aliphatic carbocycles. The first kappa shape index (κ1) is 24.8. The molecular weight excluding hydrogens is 482 g/mol. The van der Waals surface area contributed by atoms with E-state index in [1.54, 1.807) is 37.3 Å². The van der Waals surface area contributed by atoms with Gasteiger partial charge in [0.1, 0.15) is 5.75 Å². The summed E-state index contributed by atoms with van der Waals surface area (Å²) >= 11 is 5.99. The van der Waals surface area contributed by atoms with Gasteiger partial charge in [-0.05, 0) is 48.4 Å². The van der Waals surface area contributed by atoms with Crippen LogP contribution in [0.2, 0.25) is 5.02 Å². The second kappa shape index (κ2) is 10.9. The van der Waals surface area contributed by atoms with Crippen molar-refractivity contribution in [3.8, 4) is 11.5 Å². The largest absolute Gasteiger partial charge is 0.450 e. The molecule has 0 radical (unpaired) electrons. The Morgan fingerprint density at radius 1 is 1.00 bits per heavy atom. The Morgan fingerprint density at radius 2 is 1.74 bits per heavy atom. The molecule has 0 unspecified atom stereocenters. The molecule has 0 atom stereocenters. The Hall–Kier alpha value is -4.84. The Bertz CT molecular complexity index is 1360. The van der Waals surface area contributed by atoms with Crippen molar-refractivity contribution in [1.82, 2.24) is 5.43 Å². The Balaban J connectivity index is 1.66. The number of non-ortho nitro benzene ring substituents is 1. The van der Waals surface area contributed by atoms with Crippen LogP contribution in [0, 0.1) is 27.2 Å². The molecule has 3 aromatic rings. The van der Waals surface area contributed by atoms with Gasteiger partial charge in [-0.1, -0.05) is 29.8 Å². The highest BCUT2D eigenvalue weighted by atomic mass is 35.5. The van der Waals surface area contributed by atoms with Crippen molar-refractivity contribution in [2.45, 2.75) is 6.92 Å². The van der Waals surface area contributed by atoms with E-state index >= 15 is 0 Å². The Labute approximate surface area is 202 Å². The minimum Gasteiger partial charge on any atom is -0.450 e. The highest BCUT2D eigenvalue weighted by Crippen LogP contribution is 2.34. The van der Waals surface area contributed by atoms with Gasteiger partial charge in [0, 0.05) is 16.8 Å². The van der Waals surface area contributed by atoms with Crippen LogP contribution in [-0.2, 0) is 9.59 Å². The molecule has 0 aliphatic rings. The topological polar surface area (TPSA) is 166 Å². The molecular formula is C22H16ClN5O7. The lowest BCUT2D eigenvalue weighted by atomic mass is 10.2. The lowest BCUT2D eigenvalue weighted by Crippen LogP contribution is -2.32. The normalized spacial score (nSPS) is 10.6. The molecule has 2 amide bonds. The summed E-state index contributed by atoms with van der Waals surface area (Å²) in [5, 5.41) is 28.7. The molecule has 0 saturated carbocycles. The van der Waals surface area contributed by atoms with Crippen molar-refractivity contribution in [3.05, 3.63) is 97.0 Å². The van der Waals surface area contributed by atoms with Crippen molar-refractivity contribution < 1.29 is 24.2 Å². The number of nitro benzene ring substituents is 2. The van der Waals surface area contributed by atoms with Crippen LogP contribution in [0.5, 0.6) is 11.5 Å². The Kier molecular flexibility index (Phi) is 7.69. The third-order valence-electron chi connectivity index (χ3n) is 4.54. The van der Waals surface area contributed by atoms with E-state index in [1.165, 1.54) is 18.3 Å². The number of nitrogens with zero attached hydrogens (tertiary/aromatic N) is 3. The van der Waals surface area contributed by atoms with E-state index in [0.717, 1.165) is 18.2 Å². The van der Waals surface area contributed by atoms with Gasteiger partial charge in [0.05, 0.1) is 22.1 Å². The van der Waals surface area contributed by atoms with Crippen molar-refractivity contribution in [2.75, 3.05) is 5.32 Å². The SMILES string of the molecule is Cc1c(Cl)cccc1NC(=O)C(=O)N/N=C/c1cccc(Oc2ccc([N+](=O)[O-])cc2[N+](=O)[O-])c1. The van der Waals surface area contributed by atoms with E-state index < -0.39 is 33.0 Å². The minimum absolute atomic E-state index is 0.173. The fourth-order valence-electron chi connectivity index (χ4n) is 2.77. The number of anilines is 1. The van der Waals surface area contributed by atoms with Gasteiger partial charge in [-0.3, -0.25) is 29.8 Å². The van der Waals surface area contributed by atoms with Gasteiger partial charge in [0.2, 0.25) is 5.75 Å². The third-order valence-corrected chi connectivity index (χ3v) is 4.95. The van der Waals surface area contributed by atoms with Crippen LogP contribution in [0.1, 0.15) is 11.1 Å². The zero-order valence-electron chi connectivity index (χ0n) is 17.9. The minimum atomic E-state index is -1.02. The summed E-state index contributed by atoms with van der Waals surface area (Å²) < 4.78 is 5.51. The molecule has 0 saturated heterocycles. The summed E-state index contributed by atoms with van der Waals surface area (Å²) in [7, 11) is 0. The van der Waals surface area contributed by atoms with Gasteiger partial charge in [0.25, 0.3) is 5.69 Å². The summed E-state index contributed by atoms with van der Waals surface area (Å²) in [4.78, 5) is 44.7. The number of halogens is 1. The van der Waals surface area contributed by atoms with Gasteiger partial charge in [-0.2, -0.15) is 5.10 Å². The number of nitrogens with one attached hydrogen (secondary N) is 2. The van der Waals surface area contributed by atoms with Gasteiger partial charge < -0.3 is 10.1 Å². The predicted molar refractivity (Wildman–Crippen MR) is 127 cm³/mol. The number of ether oxygens (including phenoxy) is 1. The predicted octanol–water partition coefficient (Wildman–Crippen LogP) is 4.35. The number of hydrogen-bond donors (Lipinski definition) is 2.